The lowest BCUT2D eigenvalue weighted by atomic mass is 10.1. The van der Waals surface area contributed by atoms with E-state index in [-0.39, 0.29) is 5.91 Å². The van der Waals surface area contributed by atoms with Gasteiger partial charge in [0, 0.05) is 35.5 Å². The highest BCUT2D eigenvalue weighted by atomic mass is 79.9. The predicted molar refractivity (Wildman–Crippen MR) is 78.1 cm³/mol. The van der Waals surface area contributed by atoms with Gasteiger partial charge in [-0.2, -0.15) is 5.10 Å². The van der Waals surface area contributed by atoms with Gasteiger partial charge >= 0.3 is 0 Å². The predicted octanol–water partition coefficient (Wildman–Crippen LogP) is 2.77. The van der Waals surface area contributed by atoms with Crippen molar-refractivity contribution in [3.8, 4) is 0 Å². The summed E-state index contributed by atoms with van der Waals surface area (Å²) in [5, 5.41) is 7.02. The van der Waals surface area contributed by atoms with E-state index in [1.165, 1.54) is 0 Å². The van der Waals surface area contributed by atoms with Gasteiger partial charge in [-0.15, -0.1) is 0 Å². The van der Waals surface area contributed by atoms with E-state index in [0.717, 1.165) is 23.0 Å². The molecule has 0 radical (unpaired) electrons. The Morgan fingerprint density at radius 3 is 3.00 bits per heavy atom. The van der Waals surface area contributed by atoms with E-state index in [2.05, 4.69) is 26.3 Å². The Morgan fingerprint density at radius 2 is 2.32 bits per heavy atom. The van der Waals surface area contributed by atoms with Gasteiger partial charge in [-0.3, -0.25) is 9.48 Å². The van der Waals surface area contributed by atoms with Crippen molar-refractivity contribution >= 4 is 21.8 Å². The first-order valence-electron chi connectivity index (χ1n) is 6.18. The van der Waals surface area contributed by atoms with Crippen molar-refractivity contribution in [3.05, 3.63) is 52.3 Å². The number of nitrogens with zero attached hydrogens (tertiary/aromatic N) is 2. The quantitative estimate of drug-likeness (QED) is 0.861. The summed E-state index contributed by atoms with van der Waals surface area (Å²) in [6.07, 6.45) is 4.53. The molecule has 0 fully saturated rings. The number of nitrogens with one attached hydrogen (secondary N) is 1. The minimum atomic E-state index is -0.0406. The van der Waals surface area contributed by atoms with Crippen LogP contribution in [0.1, 0.15) is 22.3 Å². The first-order chi connectivity index (χ1) is 9.16. The SMILES string of the molecule is Cc1ccc(C(=O)NCCCn2cccn2)cc1Br. The third kappa shape index (κ3) is 3.92. The van der Waals surface area contributed by atoms with Crippen LogP contribution in [0.2, 0.25) is 0 Å². The number of hydrogen-bond donors (Lipinski definition) is 1. The van der Waals surface area contributed by atoms with Crippen LogP contribution in [0.3, 0.4) is 0 Å². The molecule has 0 spiro atoms. The zero-order valence-corrected chi connectivity index (χ0v) is 12.4. The Labute approximate surface area is 120 Å². The van der Waals surface area contributed by atoms with Crippen molar-refractivity contribution in [3.63, 3.8) is 0 Å². The largest absolute Gasteiger partial charge is 0.352 e. The van der Waals surface area contributed by atoms with E-state index in [4.69, 9.17) is 0 Å². The number of carbonyl (C=O) groups is 1. The van der Waals surface area contributed by atoms with Gasteiger partial charge in [-0.05, 0) is 37.1 Å². The minimum absolute atomic E-state index is 0.0406. The number of aryl methyl sites for hydroxylation is 2. The highest BCUT2D eigenvalue weighted by molar-refractivity contribution is 9.10. The molecule has 1 aromatic carbocycles. The summed E-state index contributed by atoms with van der Waals surface area (Å²) >= 11 is 3.43. The van der Waals surface area contributed by atoms with Crippen LogP contribution in [-0.4, -0.2) is 22.2 Å². The van der Waals surface area contributed by atoms with Crippen molar-refractivity contribution in [2.75, 3.05) is 6.54 Å². The van der Waals surface area contributed by atoms with Gasteiger partial charge < -0.3 is 5.32 Å². The second-order valence-electron chi connectivity index (χ2n) is 4.34. The fourth-order valence-corrected chi connectivity index (χ4v) is 2.09. The molecule has 1 N–H and O–H groups in total. The summed E-state index contributed by atoms with van der Waals surface area (Å²) in [4.78, 5) is 11.9. The molecule has 100 valence electrons. The van der Waals surface area contributed by atoms with Gasteiger partial charge in [0.05, 0.1) is 0 Å². The van der Waals surface area contributed by atoms with Crippen molar-refractivity contribution < 1.29 is 4.79 Å². The van der Waals surface area contributed by atoms with Gasteiger partial charge in [-0.1, -0.05) is 22.0 Å². The molecule has 0 atom stereocenters. The minimum Gasteiger partial charge on any atom is -0.352 e. The zero-order valence-electron chi connectivity index (χ0n) is 10.8. The third-order valence-electron chi connectivity index (χ3n) is 2.84. The van der Waals surface area contributed by atoms with E-state index < -0.39 is 0 Å². The molecule has 1 aromatic heterocycles. The summed E-state index contributed by atoms with van der Waals surface area (Å²) in [6, 6.07) is 7.51. The van der Waals surface area contributed by atoms with Crippen LogP contribution in [0, 0.1) is 6.92 Å². The first kappa shape index (κ1) is 13.8. The molecule has 4 nitrogen and oxygen atoms in total. The van der Waals surface area contributed by atoms with E-state index in [9.17, 15) is 4.79 Å². The number of amides is 1. The number of hydrogen-bond acceptors (Lipinski definition) is 2. The Balaban J connectivity index is 1.79. The maximum atomic E-state index is 11.9. The van der Waals surface area contributed by atoms with Gasteiger partial charge in [-0.25, -0.2) is 0 Å². The molecular formula is C14H16BrN3O. The Bertz CT molecular complexity index is 552. The first-order valence-corrected chi connectivity index (χ1v) is 6.98. The summed E-state index contributed by atoms with van der Waals surface area (Å²) in [6.45, 7) is 3.45. The Morgan fingerprint density at radius 1 is 1.47 bits per heavy atom. The summed E-state index contributed by atoms with van der Waals surface area (Å²) < 4.78 is 2.81. The monoisotopic (exact) mass is 321 g/mol. The fourth-order valence-electron chi connectivity index (χ4n) is 1.71. The molecule has 2 aromatic rings. The highest BCUT2D eigenvalue weighted by Crippen LogP contribution is 2.17. The molecule has 1 heterocycles. The molecule has 1 amide bonds. The second-order valence-corrected chi connectivity index (χ2v) is 5.20. The van der Waals surface area contributed by atoms with Gasteiger partial charge in [0.2, 0.25) is 0 Å². The van der Waals surface area contributed by atoms with Crippen LogP contribution in [0.5, 0.6) is 0 Å². The van der Waals surface area contributed by atoms with Crippen LogP contribution >= 0.6 is 15.9 Å². The molecule has 5 heteroatoms. The van der Waals surface area contributed by atoms with E-state index >= 15 is 0 Å². The lowest BCUT2D eigenvalue weighted by molar-refractivity contribution is 0.0952. The van der Waals surface area contributed by atoms with Gasteiger partial charge in [0.1, 0.15) is 0 Å². The van der Waals surface area contributed by atoms with Crippen LogP contribution in [0.15, 0.2) is 41.1 Å². The fraction of sp³-hybridized carbons (Fsp3) is 0.286. The smallest absolute Gasteiger partial charge is 0.251 e. The average Bonchev–Trinajstić information content (AvgIpc) is 2.91. The average molecular weight is 322 g/mol. The summed E-state index contributed by atoms with van der Waals surface area (Å²) in [7, 11) is 0. The summed E-state index contributed by atoms with van der Waals surface area (Å²) in [5.41, 5.74) is 1.80. The molecule has 0 aliphatic rings. The van der Waals surface area contributed by atoms with Crippen molar-refractivity contribution in [1.29, 1.82) is 0 Å². The molecular weight excluding hydrogens is 306 g/mol. The highest BCUT2D eigenvalue weighted by Gasteiger charge is 2.06. The van der Waals surface area contributed by atoms with Crippen molar-refractivity contribution in [2.45, 2.75) is 19.9 Å². The molecule has 0 aliphatic carbocycles. The topological polar surface area (TPSA) is 46.9 Å². The van der Waals surface area contributed by atoms with Crippen LogP contribution in [-0.2, 0) is 6.54 Å². The van der Waals surface area contributed by atoms with Crippen molar-refractivity contribution in [2.24, 2.45) is 0 Å². The van der Waals surface area contributed by atoms with E-state index in [1.807, 2.05) is 42.1 Å². The molecule has 0 saturated carbocycles. The maximum absolute atomic E-state index is 11.9. The molecule has 0 saturated heterocycles. The number of halogens is 1. The Kier molecular flexibility index (Phi) is 4.74. The summed E-state index contributed by atoms with van der Waals surface area (Å²) in [5.74, 6) is -0.0406. The Hall–Kier alpha value is -1.62. The molecule has 19 heavy (non-hydrogen) atoms. The molecule has 0 unspecified atom stereocenters. The standard InChI is InChI=1S/C14H16BrN3O/c1-11-4-5-12(10-13(11)15)14(19)16-6-2-8-18-9-3-7-17-18/h3-5,7,9-10H,2,6,8H2,1H3,(H,16,19). The maximum Gasteiger partial charge on any atom is 0.251 e. The van der Waals surface area contributed by atoms with Crippen LogP contribution in [0.4, 0.5) is 0 Å². The van der Waals surface area contributed by atoms with Gasteiger partial charge in [0.25, 0.3) is 5.91 Å². The van der Waals surface area contributed by atoms with Crippen LogP contribution < -0.4 is 5.32 Å². The number of benzene rings is 1. The number of carbonyl (C=O) groups excluding carboxylic acids is 1. The van der Waals surface area contributed by atoms with Gasteiger partial charge in [0.15, 0.2) is 0 Å². The number of rotatable bonds is 5. The molecule has 0 aliphatic heterocycles. The van der Waals surface area contributed by atoms with Crippen LogP contribution in [0.25, 0.3) is 0 Å². The normalized spacial score (nSPS) is 10.4. The zero-order chi connectivity index (χ0) is 13.7. The second kappa shape index (κ2) is 6.52. The molecule has 0 bridgehead atoms. The van der Waals surface area contributed by atoms with E-state index in [0.29, 0.717) is 12.1 Å². The van der Waals surface area contributed by atoms with Crippen molar-refractivity contribution in [1.82, 2.24) is 15.1 Å². The number of aromatic nitrogens is 2. The van der Waals surface area contributed by atoms with E-state index in [1.54, 1.807) is 6.20 Å². The molecule has 2 rings (SSSR count). The lowest BCUT2D eigenvalue weighted by Crippen LogP contribution is -2.25. The third-order valence-corrected chi connectivity index (χ3v) is 3.70. The lowest BCUT2D eigenvalue weighted by Gasteiger charge is -2.07.